The highest BCUT2D eigenvalue weighted by atomic mass is 16.5. The molecule has 1 saturated heterocycles. The zero-order valence-electron chi connectivity index (χ0n) is 17.6. The van der Waals surface area contributed by atoms with Gasteiger partial charge in [0.1, 0.15) is 11.3 Å². The van der Waals surface area contributed by atoms with E-state index >= 15 is 0 Å². The van der Waals surface area contributed by atoms with Crippen molar-refractivity contribution in [3.8, 4) is 28.6 Å². The Morgan fingerprint density at radius 1 is 1.12 bits per heavy atom. The molecule has 10 nitrogen and oxygen atoms in total. The second-order valence-electron chi connectivity index (χ2n) is 7.41. The quantitative estimate of drug-likeness (QED) is 0.455. The van der Waals surface area contributed by atoms with Gasteiger partial charge in [0, 0.05) is 30.6 Å². The predicted molar refractivity (Wildman–Crippen MR) is 115 cm³/mol. The van der Waals surface area contributed by atoms with Gasteiger partial charge < -0.3 is 18.9 Å². The lowest BCUT2D eigenvalue weighted by molar-refractivity contribution is -0.135. The number of ether oxygens (including phenoxy) is 2. The molecule has 2 aromatic heterocycles. The molecular weight excluding hydrogens is 412 g/mol. The van der Waals surface area contributed by atoms with Gasteiger partial charge in [0.25, 0.3) is 5.89 Å². The van der Waals surface area contributed by atoms with Crippen LogP contribution in [0.4, 0.5) is 0 Å². The van der Waals surface area contributed by atoms with Crippen molar-refractivity contribution in [3.05, 3.63) is 42.5 Å². The normalized spacial score (nSPS) is 14.1. The number of fused-ring (bicyclic) bond motifs is 1. The van der Waals surface area contributed by atoms with Crippen LogP contribution in [0.15, 0.2) is 47.0 Å². The van der Waals surface area contributed by atoms with Crippen LogP contribution < -0.4 is 4.74 Å². The monoisotopic (exact) mass is 434 g/mol. The van der Waals surface area contributed by atoms with E-state index in [9.17, 15) is 4.79 Å². The molecule has 32 heavy (non-hydrogen) atoms. The van der Waals surface area contributed by atoms with Crippen molar-refractivity contribution in [1.29, 1.82) is 0 Å². The Morgan fingerprint density at radius 2 is 2.00 bits per heavy atom. The smallest absolute Gasteiger partial charge is 0.258 e. The highest BCUT2D eigenvalue weighted by Crippen LogP contribution is 2.26. The van der Waals surface area contributed by atoms with Crippen LogP contribution in [0.5, 0.6) is 5.75 Å². The lowest BCUT2D eigenvalue weighted by Crippen LogP contribution is -2.41. The first kappa shape index (κ1) is 20.1. The standard InChI is InChI=1S/C22H22N6O4/c1-30-17-4-2-3-16(13-17)22-23-21(25-32-22)15-5-6-19-18(14-15)24-26-28(19)8-7-20(29)27-9-11-31-12-10-27/h2-6,13-14H,7-12H2,1H3. The van der Waals surface area contributed by atoms with E-state index in [0.29, 0.717) is 62.3 Å². The van der Waals surface area contributed by atoms with Crippen molar-refractivity contribution in [2.24, 2.45) is 0 Å². The minimum Gasteiger partial charge on any atom is -0.497 e. The molecule has 5 rings (SSSR count). The number of carbonyl (C=O) groups is 1. The third kappa shape index (κ3) is 4.04. The number of nitrogens with zero attached hydrogens (tertiary/aromatic N) is 6. The molecule has 0 bridgehead atoms. The molecule has 0 aliphatic carbocycles. The summed E-state index contributed by atoms with van der Waals surface area (Å²) >= 11 is 0. The first-order valence-electron chi connectivity index (χ1n) is 10.4. The zero-order chi connectivity index (χ0) is 21.9. The van der Waals surface area contributed by atoms with Crippen LogP contribution in [-0.4, -0.2) is 69.4 Å². The molecule has 4 aromatic rings. The SMILES string of the molecule is COc1cccc(-c2nc(-c3ccc4c(c3)nnn4CCC(=O)N3CCOCC3)no2)c1. The molecule has 1 aliphatic rings. The van der Waals surface area contributed by atoms with E-state index in [1.807, 2.05) is 47.4 Å². The first-order chi connectivity index (χ1) is 15.7. The molecule has 1 amide bonds. The van der Waals surface area contributed by atoms with E-state index in [2.05, 4.69) is 20.5 Å². The maximum atomic E-state index is 12.4. The molecule has 3 heterocycles. The van der Waals surface area contributed by atoms with Crippen molar-refractivity contribution in [3.63, 3.8) is 0 Å². The second-order valence-corrected chi connectivity index (χ2v) is 7.41. The summed E-state index contributed by atoms with van der Waals surface area (Å²) in [4.78, 5) is 18.7. The van der Waals surface area contributed by atoms with E-state index in [4.69, 9.17) is 14.0 Å². The highest BCUT2D eigenvalue weighted by molar-refractivity contribution is 5.80. The Morgan fingerprint density at radius 3 is 2.84 bits per heavy atom. The number of rotatable bonds is 6. The molecule has 0 spiro atoms. The maximum absolute atomic E-state index is 12.4. The number of amides is 1. The Hall–Kier alpha value is -3.79. The summed E-state index contributed by atoms with van der Waals surface area (Å²) in [6, 6.07) is 13.1. The van der Waals surface area contributed by atoms with Crippen LogP contribution in [0, 0.1) is 0 Å². The fraction of sp³-hybridized carbons (Fsp3) is 0.318. The molecule has 0 atom stereocenters. The van der Waals surface area contributed by atoms with Gasteiger partial charge in [0.05, 0.1) is 32.4 Å². The lowest BCUT2D eigenvalue weighted by Gasteiger charge is -2.26. The number of hydrogen-bond donors (Lipinski definition) is 0. The number of carbonyl (C=O) groups excluding carboxylic acids is 1. The van der Waals surface area contributed by atoms with E-state index in [1.54, 1.807) is 11.8 Å². The van der Waals surface area contributed by atoms with E-state index in [0.717, 1.165) is 16.6 Å². The number of methoxy groups -OCH3 is 1. The van der Waals surface area contributed by atoms with Crippen LogP contribution in [0.3, 0.4) is 0 Å². The Balaban J connectivity index is 1.31. The van der Waals surface area contributed by atoms with Gasteiger partial charge in [-0.1, -0.05) is 16.4 Å². The minimum atomic E-state index is 0.102. The van der Waals surface area contributed by atoms with Crippen LogP contribution in [0.25, 0.3) is 33.9 Å². The Kier molecular flexibility index (Phi) is 5.51. The van der Waals surface area contributed by atoms with Crippen molar-refractivity contribution in [2.45, 2.75) is 13.0 Å². The highest BCUT2D eigenvalue weighted by Gasteiger charge is 2.18. The van der Waals surface area contributed by atoms with Gasteiger partial charge in [-0.25, -0.2) is 4.68 Å². The summed E-state index contributed by atoms with van der Waals surface area (Å²) in [6.07, 6.45) is 0.370. The summed E-state index contributed by atoms with van der Waals surface area (Å²) < 4.78 is 17.7. The molecule has 0 saturated carbocycles. The van der Waals surface area contributed by atoms with E-state index in [1.165, 1.54) is 0 Å². The van der Waals surface area contributed by atoms with Crippen molar-refractivity contribution in [1.82, 2.24) is 30.0 Å². The summed E-state index contributed by atoms with van der Waals surface area (Å²) in [5.41, 5.74) is 3.10. The summed E-state index contributed by atoms with van der Waals surface area (Å²) in [5, 5.41) is 12.6. The lowest BCUT2D eigenvalue weighted by atomic mass is 10.2. The Labute approximate surface area is 183 Å². The van der Waals surface area contributed by atoms with Gasteiger partial charge in [-0.15, -0.1) is 5.10 Å². The molecule has 0 N–H and O–H groups in total. The second kappa shape index (κ2) is 8.75. The predicted octanol–water partition coefficient (Wildman–Crippen LogP) is 2.41. The van der Waals surface area contributed by atoms with Gasteiger partial charge in [-0.05, 0) is 36.4 Å². The van der Waals surface area contributed by atoms with Gasteiger partial charge in [0.15, 0.2) is 0 Å². The molecule has 0 unspecified atom stereocenters. The van der Waals surface area contributed by atoms with Crippen LogP contribution >= 0.6 is 0 Å². The molecule has 0 radical (unpaired) electrons. The summed E-state index contributed by atoms with van der Waals surface area (Å²) in [6.45, 7) is 2.94. The third-order valence-electron chi connectivity index (χ3n) is 5.42. The van der Waals surface area contributed by atoms with Crippen molar-refractivity contribution < 1.29 is 18.8 Å². The van der Waals surface area contributed by atoms with Crippen LogP contribution in [0.1, 0.15) is 6.42 Å². The number of aromatic nitrogens is 5. The average molecular weight is 434 g/mol. The van der Waals surface area contributed by atoms with E-state index in [-0.39, 0.29) is 5.91 Å². The number of benzene rings is 2. The number of aryl methyl sites for hydroxylation is 1. The number of hydrogen-bond acceptors (Lipinski definition) is 8. The molecule has 1 fully saturated rings. The van der Waals surface area contributed by atoms with E-state index < -0.39 is 0 Å². The molecule has 164 valence electrons. The molecule has 10 heteroatoms. The van der Waals surface area contributed by atoms with Crippen LogP contribution in [-0.2, 0) is 16.1 Å². The van der Waals surface area contributed by atoms with Gasteiger partial charge >= 0.3 is 0 Å². The molecule has 2 aromatic carbocycles. The van der Waals surface area contributed by atoms with Gasteiger partial charge in [-0.3, -0.25) is 4.79 Å². The van der Waals surface area contributed by atoms with Gasteiger partial charge in [0.2, 0.25) is 11.7 Å². The van der Waals surface area contributed by atoms with Crippen LogP contribution in [0.2, 0.25) is 0 Å². The maximum Gasteiger partial charge on any atom is 0.258 e. The molecular formula is C22H22N6O4. The number of morpholine rings is 1. The van der Waals surface area contributed by atoms with Crippen molar-refractivity contribution >= 4 is 16.9 Å². The summed E-state index contributed by atoms with van der Waals surface area (Å²) in [7, 11) is 1.61. The summed E-state index contributed by atoms with van der Waals surface area (Å²) in [5.74, 6) is 1.68. The zero-order valence-corrected chi connectivity index (χ0v) is 17.6. The third-order valence-corrected chi connectivity index (χ3v) is 5.42. The fourth-order valence-electron chi connectivity index (χ4n) is 3.66. The van der Waals surface area contributed by atoms with Gasteiger partial charge in [-0.2, -0.15) is 4.98 Å². The fourth-order valence-corrected chi connectivity index (χ4v) is 3.66. The average Bonchev–Trinajstić information content (AvgIpc) is 3.50. The largest absolute Gasteiger partial charge is 0.497 e. The Bertz CT molecular complexity index is 1240. The minimum absolute atomic E-state index is 0.102. The van der Waals surface area contributed by atoms with Crippen molar-refractivity contribution in [2.75, 3.05) is 33.4 Å². The first-order valence-corrected chi connectivity index (χ1v) is 10.4. The topological polar surface area (TPSA) is 108 Å². The molecule has 1 aliphatic heterocycles.